The summed E-state index contributed by atoms with van der Waals surface area (Å²) in [4.78, 5) is 22.7. The molecule has 8 heteroatoms. The van der Waals surface area contributed by atoms with E-state index in [1.165, 1.54) is 0 Å². The summed E-state index contributed by atoms with van der Waals surface area (Å²) < 4.78 is 6.39. The average Bonchev–Trinajstić information content (AvgIpc) is 2.70. The maximum atomic E-state index is 13.1. The number of ether oxygens (including phenoxy) is 1. The van der Waals surface area contributed by atoms with Crippen LogP contribution in [0.3, 0.4) is 0 Å². The maximum absolute atomic E-state index is 13.1. The normalized spacial score (nSPS) is 14.4. The van der Waals surface area contributed by atoms with Crippen molar-refractivity contribution < 1.29 is 14.6 Å². The number of aromatic hydroxyl groups is 1. The molecule has 2 aromatic rings. The molecule has 0 saturated carbocycles. The Morgan fingerprint density at radius 1 is 1.33 bits per heavy atom. The highest BCUT2D eigenvalue weighted by molar-refractivity contribution is 9.11. The van der Waals surface area contributed by atoms with E-state index in [1.807, 2.05) is 18.2 Å². The van der Waals surface area contributed by atoms with Crippen molar-refractivity contribution in [2.24, 2.45) is 4.99 Å². The van der Waals surface area contributed by atoms with Gasteiger partial charge in [0.2, 0.25) is 5.88 Å². The molecule has 1 N–H and O–H groups in total. The van der Waals surface area contributed by atoms with Crippen LogP contribution in [-0.4, -0.2) is 40.8 Å². The molecule has 27 heavy (non-hydrogen) atoms. The van der Waals surface area contributed by atoms with Crippen LogP contribution >= 0.6 is 31.9 Å². The molecule has 1 aliphatic rings. The lowest BCUT2D eigenvalue weighted by Gasteiger charge is -2.29. The fourth-order valence-electron chi connectivity index (χ4n) is 2.54. The number of allylic oxidation sites excluding steroid dienone is 1. The van der Waals surface area contributed by atoms with Crippen molar-refractivity contribution in [1.82, 2.24) is 9.88 Å². The number of hydrogen-bond acceptors (Lipinski definition) is 5. The third kappa shape index (κ3) is 4.28. The highest BCUT2D eigenvalue weighted by atomic mass is 79.9. The second-order valence-electron chi connectivity index (χ2n) is 5.56. The summed E-state index contributed by atoms with van der Waals surface area (Å²) in [6.07, 6.45) is 6.98. The summed E-state index contributed by atoms with van der Waals surface area (Å²) in [5.74, 6) is 0.0764. The Labute approximate surface area is 173 Å². The van der Waals surface area contributed by atoms with Gasteiger partial charge < -0.3 is 14.7 Å². The van der Waals surface area contributed by atoms with Crippen LogP contribution in [0.2, 0.25) is 0 Å². The molecule has 3 rings (SSSR count). The van der Waals surface area contributed by atoms with Gasteiger partial charge in [-0.3, -0.25) is 9.78 Å². The Balaban J connectivity index is 1.98. The van der Waals surface area contributed by atoms with E-state index in [0.717, 1.165) is 5.56 Å². The molecular weight excluding hydrogens is 478 g/mol. The lowest BCUT2D eigenvalue weighted by Crippen LogP contribution is -2.36. The first-order valence-corrected chi connectivity index (χ1v) is 9.51. The largest absolute Gasteiger partial charge is 0.506 e. The van der Waals surface area contributed by atoms with Crippen LogP contribution in [0.15, 0.2) is 68.3 Å². The van der Waals surface area contributed by atoms with Crippen LogP contribution in [-0.2, 0) is 4.74 Å². The lowest BCUT2D eigenvalue weighted by molar-refractivity contribution is 0.0691. The van der Waals surface area contributed by atoms with Crippen molar-refractivity contribution in [2.75, 3.05) is 13.2 Å². The third-order valence-corrected chi connectivity index (χ3v) is 5.04. The highest BCUT2D eigenvalue weighted by Crippen LogP contribution is 2.34. The second-order valence-corrected chi connectivity index (χ2v) is 7.27. The Morgan fingerprint density at radius 3 is 2.70 bits per heavy atom. The molecule has 0 unspecified atom stereocenters. The zero-order valence-electron chi connectivity index (χ0n) is 14.1. The fraction of sp³-hybridized carbons (Fsp3) is 0.105. The number of carbonyl (C=O) groups is 1. The molecule has 138 valence electrons. The van der Waals surface area contributed by atoms with Gasteiger partial charge in [0.1, 0.15) is 18.1 Å². The number of pyridine rings is 1. The number of amides is 1. The monoisotopic (exact) mass is 491 g/mol. The predicted molar refractivity (Wildman–Crippen MR) is 110 cm³/mol. The van der Waals surface area contributed by atoms with Gasteiger partial charge in [-0.15, -0.1) is 0 Å². The van der Waals surface area contributed by atoms with E-state index < -0.39 is 0 Å². The molecule has 0 saturated heterocycles. The van der Waals surface area contributed by atoms with Gasteiger partial charge in [-0.2, -0.15) is 0 Å². The van der Waals surface area contributed by atoms with E-state index >= 15 is 0 Å². The van der Waals surface area contributed by atoms with Crippen molar-refractivity contribution in [3.63, 3.8) is 0 Å². The van der Waals surface area contributed by atoms with Gasteiger partial charge in [0.25, 0.3) is 5.91 Å². The Hall–Kier alpha value is -2.45. The molecule has 1 amide bonds. The third-order valence-electron chi connectivity index (χ3n) is 3.83. The molecule has 0 atom stereocenters. The molecule has 6 nitrogen and oxygen atoms in total. The smallest absolute Gasteiger partial charge is 0.258 e. The van der Waals surface area contributed by atoms with Crippen LogP contribution in [0.25, 0.3) is 6.08 Å². The van der Waals surface area contributed by atoms with Crippen molar-refractivity contribution in [2.45, 2.75) is 0 Å². The zero-order chi connectivity index (χ0) is 19.4. The van der Waals surface area contributed by atoms with Gasteiger partial charge >= 0.3 is 0 Å². The summed E-state index contributed by atoms with van der Waals surface area (Å²) in [5.41, 5.74) is 1.79. The van der Waals surface area contributed by atoms with Gasteiger partial charge in [0.05, 0.1) is 15.5 Å². The molecule has 2 heterocycles. The number of phenols is 1. The topological polar surface area (TPSA) is 75.0 Å². The predicted octanol–water partition coefficient (Wildman–Crippen LogP) is 4.37. The number of aromatic nitrogens is 1. The quantitative estimate of drug-likeness (QED) is 0.643. The molecule has 0 spiro atoms. The van der Waals surface area contributed by atoms with Gasteiger partial charge in [-0.1, -0.05) is 12.1 Å². The van der Waals surface area contributed by atoms with Crippen LogP contribution in [0.5, 0.6) is 5.75 Å². The minimum Gasteiger partial charge on any atom is -0.506 e. The van der Waals surface area contributed by atoms with E-state index in [-0.39, 0.29) is 17.5 Å². The average molecular weight is 493 g/mol. The van der Waals surface area contributed by atoms with Crippen molar-refractivity contribution in [3.05, 3.63) is 74.4 Å². The maximum Gasteiger partial charge on any atom is 0.258 e. The molecular formula is C19H15Br2N3O3. The van der Waals surface area contributed by atoms with Crippen LogP contribution in [0.1, 0.15) is 15.9 Å². The summed E-state index contributed by atoms with van der Waals surface area (Å²) in [6.45, 7) is 4.20. The molecule has 0 aliphatic carbocycles. The standard InChI is InChI=1S/C19H15Br2N3O3/c1-22-18-16(5-4-12-3-2-6-23-11-12)24(7-8-27-18)19(26)13-9-14(20)17(25)15(21)10-13/h2-6,9-11,25H,1,7-8H2. The number of hydrogen-bond donors (Lipinski definition) is 1. The molecule has 1 aromatic heterocycles. The van der Waals surface area contributed by atoms with Crippen LogP contribution < -0.4 is 0 Å². The summed E-state index contributed by atoms with van der Waals surface area (Å²) in [7, 11) is 0. The summed E-state index contributed by atoms with van der Waals surface area (Å²) in [5, 5.41) is 9.88. The SMILES string of the molecule is C=NC1=C(C=Cc2cccnc2)N(C(=O)c2cc(Br)c(O)c(Br)c2)CCO1. The number of rotatable bonds is 4. The first-order chi connectivity index (χ1) is 13.0. The van der Waals surface area contributed by atoms with Crippen molar-refractivity contribution in [1.29, 1.82) is 0 Å². The number of phenolic OH excluding ortho intramolecular Hbond substituents is 1. The van der Waals surface area contributed by atoms with E-state index in [1.54, 1.807) is 35.5 Å². The van der Waals surface area contributed by atoms with E-state index in [0.29, 0.717) is 33.4 Å². The zero-order valence-corrected chi connectivity index (χ0v) is 17.3. The summed E-state index contributed by atoms with van der Waals surface area (Å²) >= 11 is 6.51. The van der Waals surface area contributed by atoms with Gasteiger partial charge in [0, 0.05) is 18.0 Å². The minimum absolute atomic E-state index is 0.0363. The highest BCUT2D eigenvalue weighted by Gasteiger charge is 2.26. The molecule has 1 aromatic carbocycles. The Morgan fingerprint density at radius 2 is 2.07 bits per heavy atom. The first-order valence-electron chi connectivity index (χ1n) is 7.93. The molecule has 1 aliphatic heterocycles. The fourth-order valence-corrected chi connectivity index (χ4v) is 3.72. The van der Waals surface area contributed by atoms with Gasteiger partial charge in [-0.25, -0.2) is 4.99 Å². The molecule has 0 bridgehead atoms. The number of carbonyl (C=O) groups excluding carboxylic acids is 1. The second kappa shape index (κ2) is 8.49. The number of halogens is 2. The molecule has 0 radical (unpaired) electrons. The van der Waals surface area contributed by atoms with Crippen molar-refractivity contribution >= 4 is 50.6 Å². The van der Waals surface area contributed by atoms with Crippen molar-refractivity contribution in [3.8, 4) is 5.75 Å². The summed E-state index contributed by atoms with van der Waals surface area (Å²) in [6, 6.07) is 6.87. The number of benzene rings is 1. The van der Waals surface area contributed by atoms with Gasteiger partial charge in [-0.05, 0) is 68.4 Å². The molecule has 0 fully saturated rings. The van der Waals surface area contributed by atoms with Crippen LogP contribution in [0.4, 0.5) is 0 Å². The van der Waals surface area contributed by atoms with Crippen LogP contribution in [0, 0.1) is 0 Å². The lowest BCUT2D eigenvalue weighted by atomic mass is 10.1. The first kappa shape index (κ1) is 19.3. The minimum atomic E-state index is -0.244. The van der Waals surface area contributed by atoms with Gasteiger partial charge in [0.15, 0.2) is 0 Å². The van der Waals surface area contributed by atoms with E-state index in [2.05, 4.69) is 48.6 Å². The Kier molecular flexibility index (Phi) is 6.08. The number of aliphatic imine (C=N–C) groups is 1. The van der Waals surface area contributed by atoms with E-state index in [4.69, 9.17) is 4.74 Å². The Bertz CT molecular complexity index is 919. The van der Waals surface area contributed by atoms with E-state index in [9.17, 15) is 9.90 Å². The number of nitrogens with zero attached hydrogens (tertiary/aromatic N) is 3.